The molecule has 0 unspecified atom stereocenters. The molecule has 1 aliphatic carbocycles. The van der Waals surface area contributed by atoms with Crippen molar-refractivity contribution in [3.63, 3.8) is 0 Å². The minimum absolute atomic E-state index is 0.0560. The number of rotatable bonds is 6. The van der Waals surface area contributed by atoms with E-state index in [1.807, 2.05) is 12.1 Å². The lowest BCUT2D eigenvalue weighted by Crippen LogP contribution is -2.40. The van der Waals surface area contributed by atoms with Crippen molar-refractivity contribution in [2.24, 2.45) is 5.73 Å². The molecule has 1 heterocycles. The molecule has 1 amide bonds. The molecule has 27 heavy (non-hydrogen) atoms. The lowest BCUT2D eigenvalue weighted by Gasteiger charge is -2.26. The molecule has 2 aliphatic rings. The summed E-state index contributed by atoms with van der Waals surface area (Å²) in [4.78, 5) is 12.5. The summed E-state index contributed by atoms with van der Waals surface area (Å²) in [5.41, 5.74) is 6.87. The quantitative estimate of drug-likeness (QED) is 0.775. The third kappa shape index (κ3) is 5.53. The zero-order valence-electron chi connectivity index (χ0n) is 15.9. The van der Waals surface area contributed by atoms with Gasteiger partial charge < -0.3 is 11.1 Å². The van der Waals surface area contributed by atoms with Gasteiger partial charge in [-0.25, -0.2) is 8.42 Å². The first-order chi connectivity index (χ1) is 12.9. The molecule has 1 aromatic rings. The molecular weight excluding hydrogens is 362 g/mol. The maximum absolute atomic E-state index is 12.7. The van der Waals surface area contributed by atoms with E-state index in [1.54, 1.807) is 16.4 Å². The number of nitrogens with two attached hydrogens (primary N) is 1. The number of nitrogens with one attached hydrogen (secondary N) is 1. The zero-order chi connectivity index (χ0) is 19.3. The Labute approximate surface area is 162 Å². The van der Waals surface area contributed by atoms with Gasteiger partial charge in [-0.15, -0.1) is 0 Å². The second kappa shape index (κ2) is 9.17. The third-order valence-corrected chi connectivity index (χ3v) is 7.57. The second-order valence-corrected chi connectivity index (χ2v) is 9.73. The minimum atomic E-state index is -3.39. The van der Waals surface area contributed by atoms with Crippen LogP contribution in [0.25, 0.3) is 0 Å². The van der Waals surface area contributed by atoms with Gasteiger partial charge in [0.1, 0.15) is 0 Å². The monoisotopic (exact) mass is 393 g/mol. The van der Waals surface area contributed by atoms with E-state index >= 15 is 0 Å². The number of hydrogen-bond donors (Lipinski definition) is 2. The number of nitrogens with zero attached hydrogens (tertiary/aromatic N) is 1. The Bertz CT molecular complexity index is 719. The fraction of sp³-hybridized carbons (Fsp3) is 0.650. The van der Waals surface area contributed by atoms with Crippen molar-refractivity contribution in [2.45, 2.75) is 74.8 Å². The number of amides is 1. The van der Waals surface area contributed by atoms with Crippen LogP contribution in [0.15, 0.2) is 29.2 Å². The van der Waals surface area contributed by atoms with Crippen LogP contribution < -0.4 is 11.1 Å². The first-order valence-corrected chi connectivity index (χ1v) is 11.5. The number of piperidine rings is 1. The molecule has 1 aromatic carbocycles. The highest BCUT2D eigenvalue weighted by Gasteiger charge is 2.25. The van der Waals surface area contributed by atoms with Gasteiger partial charge in [0.15, 0.2) is 0 Å². The maximum Gasteiger partial charge on any atom is 0.243 e. The van der Waals surface area contributed by atoms with Crippen LogP contribution >= 0.6 is 0 Å². The first kappa shape index (κ1) is 20.3. The molecular formula is C20H31N3O3S. The number of carbonyl (C=O) groups excluding carboxylic acids is 1. The Kier molecular flexibility index (Phi) is 6.89. The van der Waals surface area contributed by atoms with Gasteiger partial charge in [0.2, 0.25) is 15.9 Å². The molecule has 0 aromatic heterocycles. The summed E-state index contributed by atoms with van der Waals surface area (Å²) in [5.74, 6) is 0.0560. The summed E-state index contributed by atoms with van der Waals surface area (Å²) >= 11 is 0. The van der Waals surface area contributed by atoms with Crippen molar-refractivity contribution >= 4 is 15.9 Å². The molecule has 3 rings (SSSR count). The standard InChI is InChI=1S/C20H31N3O3S/c21-17-7-9-18(10-8-17)22-20(24)13-6-16-4-11-19(12-5-16)27(25,26)23-14-2-1-3-15-23/h4-5,11-12,17-18H,1-3,6-10,13-15,21H2,(H,22,24). The Hall–Kier alpha value is -1.44. The largest absolute Gasteiger partial charge is 0.353 e. The molecule has 7 heteroatoms. The summed E-state index contributed by atoms with van der Waals surface area (Å²) in [6.07, 6.45) is 7.84. The number of aryl methyl sites for hydroxylation is 1. The lowest BCUT2D eigenvalue weighted by molar-refractivity contribution is -0.122. The van der Waals surface area contributed by atoms with Crippen LogP contribution in [0.1, 0.15) is 56.9 Å². The highest BCUT2D eigenvalue weighted by atomic mass is 32.2. The highest BCUT2D eigenvalue weighted by molar-refractivity contribution is 7.89. The summed E-state index contributed by atoms with van der Waals surface area (Å²) in [5, 5.41) is 3.09. The molecule has 0 atom stereocenters. The molecule has 0 bridgehead atoms. The van der Waals surface area contributed by atoms with Gasteiger partial charge in [0.25, 0.3) is 0 Å². The van der Waals surface area contributed by atoms with Gasteiger partial charge in [0.05, 0.1) is 4.90 Å². The van der Waals surface area contributed by atoms with E-state index in [-0.39, 0.29) is 18.0 Å². The van der Waals surface area contributed by atoms with E-state index in [9.17, 15) is 13.2 Å². The molecule has 1 saturated carbocycles. The molecule has 1 saturated heterocycles. The van der Waals surface area contributed by atoms with Crippen molar-refractivity contribution in [1.82, 2.24) is 9.62 Å². The Morgan fingerprint density at radius 3 is 2.30 bits per heavy atom. The summed E-state index contributed by atoms with van der Waals surface area (Å²) in [7, 11) is -3.39. The molecule has 1 aliphatic heterocycles. The van der Waals surface area contributed by atoms with E-state index in [4.69, 9.17) is 5.73 Å². The summed E-state index contributed by atoms with van der Waals surface area (Å²) in [6, 6.07) is 7.50. The fourth-order valence-corrected chi connectivity index (χ4v) is 5.42. The molecule has 2 fully saturated rings. The van der Waals surface area contributed by atoms with Crippen LogP contribution in [0.5, 0.6) is 0 Å². The maximum atomic E-state index is 12.7. The van der Waals surface area contributed by atoms with Crippen molar-refractivity contribution in [1.29, 1.82) is 0 Å². The fourth-order valence-electron chi connectivity index (χ4n) is 3.90. The predicted octanol–water partition coefficient (Wildman–Crippen LogP) is 2.18. The van der Waals surface area contributed by atoms with Gasteiger partial charge >= 0.3 is 0 Å². The Balaban J connectivity index is 1.49. The van der Waals surface area contributed by atoms with E-state index in [2.05, 4.69) is 5.32 Å². The molecule has 6 nitrogen and oxygen atoms in total. The van der Waals surface area contributed by atoms with Crippen LogP contribution in [0.3, 0.4) is 0 Å². The van der Waals surface area contributed by atoms with E-state index in [0.29, 0.717) is 30.8 Å². The van der Waals surface area contributed by atoms with Crippen molar-refractivity contribution in [3.8, 4) is 0 Å². The Morgan fingerprint density at radius 1 is 1.04 bits per heavy atom. The SMILES string of the molecule is NC1CCC(NC(=O)CCc2ccc(S(=O)(=O)N3CCCCC3)cc2)CC1. The molecule has 0 radical (unpaired) electrons. The number of hydrogen-bond acceptors (Lipinski definition) is 4. The smallest absolute Gasteiger partial charge is 0.243 e. The van der Waals surface area contributed by atoms with Crippen molar-refractivity contribution < 1.29 is 13.2 Å². The van der Waals surface area contributed by atoms with E-state index in [1.165, 1.54) is 0 Å². The van der Waals surface area contributed by atoms with Gasteiger partial charge in [-0.05, 0) is 62.6 Å². The number of carbonyl (C=O) groups is 1. The summed E-state index contributed by atoms with van der Waals surface area (Å²) < 4.78 is 26.9. The molecule has 0 spiro atoms. The van der Waals surface area contributed by atoms with Gasteiger partial charge in [-0.1, -0.05) is 18.6 Å². The van der Waals surface area contributed by atoms with E-state index < -0.39 is 10.0 Å². The predicted molar refractivity (Wildman–Crippen MR) is 106 cm³/mol. The first-order valence-electron chi connectivity index (χ1n) is 10.1. The normalized spacial score (nSPS) is 24.5. The average Bonchev–Trinajstić information content (AvgIpc) is 2.69. The summed E-state index contributed by atoms with van der Waals surface area (Å²) in [6.45, 7) is 1.21. The third-order valence-electron chi connectivity index (χ3n) is 5.65. The van der Waals surface area contributed by atoms with Crippen LogP contribution in [0, 0.1) is 0 Å². The average molecular weight is 394 g/mol. The number of sulfonamides is 1. The van der Waals surface area contributed by atoms with Gasteiger partial charge in [0, 0.05) is 31.6 Å². The number of benzene rings is 1. The topological polar surface area (TPSA) is 92.5 Å². The lowest BCUT2D eigenvalue weighted by atomic mass is 9.92. The van der Waals surface area contributed by atoms with Crippen molar-refractivity contribution in [3.05, 3.63) is 29.8 Å². The van der Waals surface area contributed by atoms with Gasteiger partial charge in [-0.2, -0.15) is 4.31 Å². The Morgan fingerprint density at radius 2 is 1.67 bits per heavy atom. The molecule has 150 valence electrons. The van der Waals surface area contributed by atoms with Crippen LogP contribution in [-0.4, -0.2) is 43.8 Å². The van der Waals surface area contributed by atoms with E-state index in [0.717, 1.165) is 50.5 Å². The highest BCUT2D eigenvalue weighted by Crippen LogP contribution is 2.21. The van der Waals surface area contributed by atoms with Gasteiger partial charge in [-0.3, -0.25) is 4.79 Å². The van der Waals surface area contributed by atoms with Crippen LogP contribution in [0.4, 0.5) is 0 Å². The molecule has 3 N–H and O–H groups in total. The van der Waals surface area contributed by atoms with Crippen LogP contribution in [-0.2, 0) is 21.2 Å². The van der Waals surface area contributed by atoms with Crippen LogP contribution in [0.2, 0.25) is 0 Å². The zero-order valence-corrected chi connectivity index (χ0v) is 16.7. The van der Waals surface area contributed by atoms with Crippen molar-refractivity contribution in [2.75, 3.05) is 13.1 Å². The minimum Gasteiger partial charge on any atom is -0.353 e. The second-order valence-electron chi connectivity index (χ2n) is 7.79.